The molecule has 0 amide bonds. The fourth-order valence-corrected chi connectivity index (χ4v) is 3.77. The molecule has 1 aliphatic heterocycles. The normalized spacial score (nSPS) is 14.9. The Morgan fingerprint density at radius 1 is 1.00 bits per heavy atom. The van der Waals surface area contributed by atoms with Gasteiger partial charge in [0.15, 0.2) is 0 Å². The van der Waals surface area contributed by atoms with Crippen molar-refractivity contribution in [3.05, 3.63) is 87.3 Å². The third-order valence-corrected chi connectivity index (χ3v) is 5.35. The highest BCUT2D eigenvalue weighted by atomic mass is 19.1. The molecule has 1 saturated heterocycles. The number of nitrogens with zero attached hydrogens (tertiary/aromatic N) is 2. The molecule has 3 aromatic rings. The summed E-state index contributed by atoms with van der Waals surface area (Å²) >= 11 is 0. The van der Waals surface area contributed by atoms with E-state index in [1.54, 1.807) is 0 Å². The first-order valence-electron chi connectivity index (χ1n) is 9.65. The molecular formula is C22H23FN4O2. The lowest BCUT2D eigenvalue weighted by molar-refractivity contribution is 0.103. The number of rotatable bonds is 5. The SMILES string of the molecule is Cc1ccccc1N1CCN(Cc2[nH]c(=O)[nH]c2C(=O)c2ccc(F)cc2)CC1. The van der Waals surface area contributed by atoms with Crippen LogP contribution in [0.4, 0.5) is 10.1 Å². The standard InChI is InChI=1S/C22H23FN4O2/c1-15-4-2-3-5-19(15)27-12-10-26(11-13-27)14-18-20(25-22(29)24-18)21(28)16-6-8-17(23)9-7-16/h2-9H,10-14H2,1H3,(H2,24,25,29). The van der Waals surface area contributed by atoms with Crippen LogP contribution in [0.2, 0.25) is 0 Å². The second-order valence-electron chi connectivity index (χ2n) is 7.32. The topological polar surface area (TPSA) is 72.2 Å². The van der Waals surface area contributed by atoms with Gasteiger partial charge in [-0.1, -0.05) is 18.2 Å². The van der Waals surface area contributed by atoms with Gasteiger partial charge in [0.25, 0.3) is 0 Å². The molecule has 2 heterocycles. The molecule has 6 nitrogen and oxygen atoms in total. The molecule has 1 fully saturated rings. The van der Waals surface area contributed by atoms with E-state index in [9.17, 15) is 14.0 Å². The van der Waals surface area contributed by atoms with E-state index in [0.29, 0.717) is 17.8 Å². The number of hydrogen-bond acceptors (Lipinski definition) is 4. The van der Waals surface area contributed by atoms with Crippen molar-refractivity contribution < 1.29 is 9.18 Å². The van der Waals surface area contributed by atoms with Crippen LogP contribution in [0, 0.1) is 12.7 Å². The molecule has 2 aromatic carbocycles. The first-order valence-corrected chi connectivity index (χ1v) is 9.65. The molecule has 0 radical (unpaired) electrons. The fraction of sp³-hybridized carbons (Fsp3) is 0.273. The van der Waals surface area contributed by atoms with E-state index < -0.39 is 11.5 Å². The lowest BCUT2D eigenvalue weighted by Gasteiger charge is -2.36. The molecule has 0 saturated carbocycles. The molecule has 150 valence electrons. The van der Waals surface area contributed by atoms with Gasteiger partial charge in [-0.3, -0.25) is 9.69 Å². The lowest BCUT2D eigenvalue weighted by Crippen LogP contribution is -2.46. The van der Waals surface area contributed by atoms with Crippen LogP contribution in [-0.2, 0) is 6.54 Å². The van der Waals surface area contributed by atoms with Crippen LogP contribution in [0.5, 0.6) is 0 Å². The Morgan fingerprint density at radius 3 is 2.38 bits per heavy atom. The van der Waals surface area contributed by atoms with Crippen LogP contribution in [0.1, 0.15) is 27.3 Å². The molecule has 0 aliphatic carbocycles. The minimum atomic E-state index is -0.413. The summed E-state index contributed by atoms with van der Waals surface area (Å²) in [5.41, 5.74) is 3.23. The Bertz CT molecular complexity index is 1060. The maximum absolute atomic E-state index is 13.1. The molecule has 0 unspecified atom stereocenters. The van der Waals surface area contributed by atoms with Gasteiger partial charge in [0.1, 0.15) is 11.5 Å². The smallest absolute Gasteiger partial charge is 0.323 e. The van der Waals surface area contributed by atoms with Gasteiger partial charge in [-0.15, -0.1) is 0 Å². The third-order valence-electron chi connectivity index (χ3n) is 5.35. The third kappa shape index (κ3) is 4.14. The van der Waals surface area contributed by atoms with Gasteiger partial charge < -0.3 is 14.9 Å². The Labute approximate surface area is 168 Å². The van der Waals surface area contributed by atoms with E-state index in [-0.39, 0.29) is 11.5 Å². The number of aromatic nitrogens is 2. The van der Waals surface area contributed by atoms with Crippen molar-refractivity contribution in [3.8, 4) is 0 Å². The van der Waals surface area contributed by atoms with Gasteiger partial charge in [0, 0.05) is 44.0 Å². The van der Waals surface area contributed by atoms with E-state index in [1.807, 2.05) is 12.1 Å². The molecule has 1 aliphatic rings. The summed E-state index contributed by atoms with van der Waals surface area (Å²) in [6.07, 6.45) is 0. The summed E-state index contributed by atoms with van der Waals surface area (Å²) in [7, 11) is 0. The zero-order valence-electron chi connectivity index (χ0n) is 16.2. The molecule has 29 heavy (non-hydrogen) atoms. The van der Waals surface area contributed by atoms with Crippen LogP contribution in [0.25, 0.3) is 0 Å². The van der Waals surface area contributed by atoms with Crippen molar-refractivity contribution in [2.75, 3.05) is 31.1 Å². The summed E-state index contributed by atoms with van der Waals surface area (Å²) in [5.74, 6) is -0.729. The predicted molar refractivity (Wildman–Crippen MR) is 110 cm³/mol. The number of hydrogen-bond donors (Lipinski definition) is 2. The van der Waals surface area contributed by atoms with Crippen LogP contribution in [-0.4, -0.2) is 46.8 Å². The Morgan fingerprint density at radius 2 is 1.69 bits per heavy atom. The molecule has 2 N–H and O–H groups in total. The van der Waals surface area contributed by atoms with Gasteiger partial charge >= 0.3 is 5.69 Å². The number of anilines is 1. The number of aryl methyl sites for hydroxylation is 1. The van der Waals surface area contributed by atoms with Gasteiger partial charge in [-0.2, -0.15) is 0 Å². The van der Waals surface area contributed by atoms with Crippen LogP contribution in [0.3, 0.4) is 0 Å². The highest BCUT2D eigenvalue weighted by Crippen LogP contribution is 2.21. The number of imidazole rings is 1. The van der Waals surface area contributed by atoms with Crippen molar-refractivity contribution in [1.82, 2.24) is 14.9 Å². The van der Waals surface area contributed by atoms with Gasteiger partial charge in [-0.25, -0.2) is 9.18 Å². The van der Waals surface area contributed by atoms with Crippen molar-refractivity contribution >= 4 is 11.5 Å². The van der Waals surface area contributed by atoms with Crippen LogP contribution < -0.4 is 10.6 Å². The number of carbonyl (C=O) groups is 1. The number of halogens is 1. The Hall–Kier alpha value is -3.19. The Balaban J connectivity index is 1.46. The first kappa shape index (κ1) is 19.1. The number of aromatic amines is 2. The predicted octanol–water partition coefficient (Wildman–Crippen LogP) is 2.70. The molecule has 0 atom stereocenters. The number of para-hydroxylation sites is 1. The largest absolute Gasteiger partial charge is 0.369 e. The average Bonchev–Trinajstić information content (AvgIpc) is 3.09. The van der Waals surface area contributed by atoms with E-state index in [4.69, 9.17) is 0 Å². The number of nitrogens with one attached hydrogen (secondary N) is 2. The summed E-state index contributed by atoms with van der Waals surface area (Å²) in [4.78, 5) is 34.6. The van der Waals surface area contributed by atoms with Gasteiger partial charge in [-0.05, 0) is 42.8 Å². The number of piperazine rings is 1. The zero-order chi connectivity index (χ0) is 20.4. The minimum Gasteiger partial charge on any atom is -0.369 e. The molecule has 1 aromatic heterocycles. The summed E-state index contributed by atoms with van der Waals surface area (Å²) < 4.78 is 13.1. The van der Waals surface area contributed by atoms with E-state index in [1.165, 1.54) is 35.5 Å². The highest BCUT2D eigenvalue weighted by molar-refractivity contribution is 6.08. The van der Waals surface area contributed by atoms with E-state index in [0.717, 1.165) is 26.2 Å². The molecular weight excluding hydrogens is 371 g/mol. The monoisotopic (exact) mass is 394 g/mol. The minimum absolute atomic E-state index is 0.239. The molecule has 0 bridgehead atoms. The van der Waals surface area contributed by atoms with Crippen LogP contribution >= 0.6 is 0 Å². The van der Waals surface area contributed by atoms with Gasteiger partial charge in [0.2, 0.25) is 5.78 Å². The summed E-state index contributed by atoms with van der Waals surface area (Å²) in [5, 5.41) is 0. The zero-order valence-corrected chi connectivity index (χ0v) is 16.2. The molecule has 0 spiro atoms. The highest BCUT2D eigenvalue weighted by Gasteiger charge is 2.22. The summed E-state index contributed by atoms with van der Waals surface area (Å²) in [6.45, 7) is 5.99. The second-order valence-corrected chi connectivity index (χ2v) is 7.32. The van der Waals surface area contributed by atoms with Crippen molar-refractivity contribution in [3.63, 3.8) is 0 Å². The molecule has 7 heteroatoms. The number of ketones is 1. The number of H-pyrrole nitrogens is 2. The molecule has 4 rings (SSSR count). The average molecular weight is 394 g/mol. The van der Waals surface area contributed by atoms with Crippen LogP contribution in [0.15, 0.2) is 53.3 Å². The lowest BCUT2D eigenvalue weighted by atomic mass is 10.1. The first-order chi connectivity index (χ1) is 14.0. The van der Waals surface area contributed by atoms with E-state index in [2.05, 4.69) is 38.8 Å². The fourth-order valence-electron chi connectivity index (χ4n) is 3.77. The maximum Gasteiger partial charge on any atom is 0.323 e. The number of carbonyl (C=O) groups excluding carboxylic acids is 1. The maximum atomic E-state index is 13.1. The van der Waals surface area contributed by atoms with Crippen molar-refractivity contribution in [2.45, 2.75) is 13.5 Å². The Kier molecular flexibility index (Phi) is 5.31. The van der Waals surface area contributed by atoms with E-state index >= 15 is 0 Å². The van der Waals surface area contributed by atoms with Gasteiger partial charge in [0.05, 0.1) is 5.69 Å². The van der Waals surface area contributed by atoms with Crippen molar-refractivity contribution in [2.24, 2.45) is 0 Å². The second kappa shape index (κ2) is 8.05. The van der Waals surface area contributed by atoms with Crippen molar-refractivity contribution in [1.29, 1.82) is 0 Å². The number of benzene rings is 2. The summed E-state index contributed by atoms with van der Waals surface area (Å²) in [6, 6.07) is 13.7. The quantitative estimate of drug-likeness (QED) is 0.653.